The van der Waals surface area contributed by atoms with Gasteiger partial charge in [-0.25, -0.2) is 0 Å². The normalized spacial score (nSPS) is 15.2. The predicted octanol–water partition coefficient (Wildman–Crippen LogP) is 6.07. The second-order valence-corrected chi connectivity index (χ2v) is 8.49. The van der Waals surface area contributed by atoms with Crippen LogP contribution in [0.1, 0.15) is 51.0 Å². The molecular weight excluding hydrogens is 428 g/mol. The van der Waals surface area contributed by atoms with Crippen molar-refractivity contribution in [3.05, 3.63) is 47.0 Å². The molecule has 1 aliphatic heterocycles. The molecule has 0 spiro atoms. The van der Waals surface area contributed by atoms with E-state index in [1.54, 1.807) is 7.11 Å². The largest absolute Gasteiger partial charge is 0.495 e. The number of carboxylic acids is 1. The summed E-state index contributed by atoms with van der Waals surface area (Å²) in [6.07, 6.45) is 2.85. The molecule has 2 N–H and O–H groups in total. The monoisotopic (exact) mass is 460 g/mol. The van der Waals surface area contributed by atoms with Crippen LogP contribution in [0.2, 0.25) is 5.02 Å². The van der Waals surface area contributed by atoms with Gasteiger partial charge in [0.1, 0.15) is 5.75 Å². The van der Waals surface area contributed by atoms with Crippen molar-refractivity contribution in [3.8, 4) is 5.75 Å². The minimum absolute atomic E-state index is 0.0417. The number of aliphatic carboxylic acids is 1. The molecule has 1 fully saturated rings. The Kier molecular flexibility index (Phi) is 8.65. The van der Waals surface area contributed by atoms with Crippen LogP contribution in [0.3, 0.4) is 0 Å². The van der Waals surface area contributed by atoms with E-state index in [1.165, 1.54) is 0 Å². The van der Waals surface area contributed by atoms with Crippen molar-refractivity contribution >= 4 is 34.6 Å². The zero-order valence-electron chi connectivity index (χ0n) is 19.1. The van der Waals surface area contributed by atoms with Gasteiger partial charge in [0.15, 0.2) is 0 Å². The van der Waals surface area contributed by atoms with Gasteiger partial charge in [-0.05, 0) is 61.9 Å². The molecule has 1 saturated heterocycles. The van der Waals surface area contributed by atoms with E-state index in [1.807, 2.05) is 25.1 Å². The molecule has 0 radical (unpaired) electrons. The fourth-order valence-corrected chi connectivity index (χ4v) is 4.58. The van der Waals surface area contributed by atoms with E-state index < -0.39 is 5.97 Å². The molecule has 2 aromatic carbocycles. The zero-order chi connectivity index (χ0) is 23.1. The summed E-state index contributed by atoms with van der Waals surface area (Å²) in [5.41, 5.74) is 3.93. The van der Waals surface area contributed by atoms with Crippen LogP contribution in [0.4, 0.5) is 17.1 Å². The Hall–Kier alpha value is -2.44. The van der Waals surface area contributed by atoms with Gasteiger partial charge < -0.3 is 24.8 Å². The Morgan fingerprint density at radius 1 is 1.25 bits per heavy atom. The van der Waals surface area contributed by atoms with Gasteiger partial charge in [0.05, 0.1) is 29.9 Å². The Bertz CT molecular complexity index is 915. The Labute approximate surface area is 195 Å². The van der Waals surface area contributed by atoms with Crippen LogP contribution >= 0.6 is 11.6 Å². The van der Waals surface area contributed by atoms with Crippen molar-refractivity contribution in [1.82, 2.24) is 0 Å². The van der Waals surface area contributed by atoms with Gasteiger partial charge in [-0.2, -0.15) is 0 Å². The number of methoxy groups -OCH3 is 1. The van der Waals surface area contributed by atoms with Crippen LogP contribution in [0.5, 0.6) is 5.75 Å². The topological polar surface area (TPSA) is 71.0 Å². The van der Waals surface area contributed by atoms with E-state index in [0.29, 0.717) is 16.8 Å². The van der Waals surface area contributed by atoms with Gasteiger partial charge in [0.2, 0.25) is 0 Å². The van der Waals surface area contributed by atoms with E-state index in [4.69, 9.17) is 21.1 Å². The van der Waals surface area contributed by atoms with Crippen LogP contribution in [0.25, 0.3) is 0 Å². The first-order chi connectivity index (χ1) is 15.5. The first kappa shape index (κ1) is 24.2. The molecule has 174 valence electrons. The quantitative estimate of drug-likeness (QED) is 0.448. The Morgan fingerprint density at radius 2 is 2.00 bits per heavy atom. The lowest BCUT2D eigenvalue weighted by molar-refractivity contribution is -0.137. The van der Waals surface area contributed by atoms with Gasteiger partial charge in [-0.1, -0.05) is 24.6 Å². The van der Waals surface area contributed by atoms with Gasteiger partial charge in [0.25, 0.3) is 0 Å². The third kappa shape index (κ3) is 5.87. The van der Waals surface area contributed by atoms with Crippen molar-refractivity contribution in [1.29, 1.82) is 0 Å². The molecule has 0 amide bonds. The van der Waals surface area contributed by atoms with Crippen LogP contribution < -0.4 is 15.0 Å². The maximum atomic E-state index is 11.4. The van der Waals surface area contributed by atoms with E-state index in [0.717, 1.165) is 61.6 Å². The summed E-state index contributed by atoms with van der Waals surface area (Å²) >= 11 is 6.21. The van der Waals surface area contributed by atoms with Crippen LogP contribution in [0.15, 0.2) is 36.4 Å². The lowest BCUT2D eigenvalue weighted by Gasteiger charge is -2.37. The number of halogens is 1. The molecule has 0 aliphatic carbocycles. The standard InChI is InChI=1S/C25H33ClN2O4/c1-4-17(15-25(29)30)18-6-9-23(28(5-2)20-10-12-32-13-11-20)22(14-18)27-19-7-8-21(26)24(16-19)31-3/h6-9,14,16-17,20,27H,4-5,10-13,15H2,1-3H3,(H,29,30)/t17-/m0/s1. The van der Waals surface area contributed by atoms with Crippen LogP contribution in [0, 0.1) is 0 Å². The summed E-state index contributed by atoms with van der Waals surface area (Å²) in [5.74, 6) is -0.223. The zero-order valence-corrected chi connectivity index (χ0v) is 19.8. The number of anilines is 3. The number of rotatable bonds is 10. The van der Waals surface area contributed by atoms with E-state index in [2.05, 4.69) is 35.3 Å². The van der Waals surface area contributed by atoms with Crippen LogP contribution in [-0.4, -0.2) is 44.0 Å². The number of hydrogen-bond donors (Lipinski definition) is 2. The highest BCUT2D eigenvalue weighted by Crippen LogP contribution is 2.37. The van der Waals surface area contributed by atoms with Crippen molar-refractivity contribution in [2.24, 2.45) is 0 Å². The highest BCUT2D eigenvalue weighted by molar-refractivity contribution is 6.32. The smallest absolute Gasteiger partial charge is 0.303 e. The van der Waals surface area contributed by atoms with Gasteiger partial charge >= 0.3 is 5.97 Å². The highest BCUT2D eigenvalue weighted by atomic mass is 35.5. The first-order valence-electron chi connectivity index (χ1n) is 11.3. The number of nitrogens with one attached hydrogen (secondary N) is 1. The summed E-state index contributed by atoms with van der Waals surface area (Å²) in [6.45, 7) is 6.60. The maximum absolute atomic E-state index is 11.4. The van der Waals surface area contributed by atoms with Crippen molar-refractivity contribution in [3.63, 3.8) is 0 Å². The number of carbonyl (C=O) groups is 1. The van der Waals surface area contributed by atoms with E-state index in [9.17, 15) is 9.90 Å². The molecule has 1 atom stereocenters. The lowest BCUT2D eigenvalue weighted by Crippen LogP contribution is -2.39. The molecule has 0 bridgehead atoms. The summed E-state index contributed by atoms with van der Waals surface area (Å²) < 4.78 is 10.9. The van der Waals surface area contributed by atoms with E-state index in [-0.39, 0.29) is 12.3 Å². The molecule has 0 unspecified atom stereocenters. The summed E-state index contributed by atoms with van der Waals surface area (Å²) in [6, 6.07) is 12.3. The fourth-order valence-electron chi connectivity index (χ4n) is 4.38. The summed E-state index contributed by atoms with van der Waals surface area (Å²) in [4.78, 5) is 13.8. The molecular formula is C25H33ClN2O4. The number of hydrogen-bond acceptors (Lipinski definition) is 5. The predicted molar refractivity (Wildman–Crippen MR) is 130 cm³/mol. The molecule has 7 heteroatoms. The molecule has 1 heterocycles. The molecule has 1 aliphatic rings. The second kappa shape index (κ2) is 11.4. The van der Waals surface area contributed by atoms with Gasteiger partial charge in [0, 0.05) is 37.6 Å². The van der Waals surface area contributed by atoms with E-state index >= 15 is 0 Å². The number of nitrogens with zero attached hydrogens (tertiary/aromatic N) is 1. The molecule has 32 heavy (non-hydrogen) atoms. The average Bonchev–Trinajstić information content (AvgIpc) is 2.80. The third-order valence-corrected chi connectivity index (χ3v) is 6.43. The summed E-state index contributed by atoms with van der Waals surface area (Å²) in [7, 11) is 1.60. The van der Waals surface area contributed by atoms with Crippen molar-refractivity contribution in [2.75, 3.05) is 37.1 Å². The minimum Gasteiger partial charge on any atom is -0.495 e. The van der Waals surface area contributed by atoms with Crippen LogP contribution in [-0.2, 0) is 9.53 Å². The SMILES string of the molecule is CC[C@@H](CC(=O)O)c1ccc(N(CC)C2CCOCC2)c(Nc2ccc(Cl)c(OC)c2)c1. The first-order valence-corrected chi connectivity index (χ1v) is 11.6. The Balaban J connectivity index is 2.02. The minimum atomic E-state index is -0.782. The lowest BCUT2D eigenvalue weighted by atomic mass is 9.92. The molecule has 0 aromatic heterocycles. The fraction of sp³-hybridized carbons (Fsp3) is 0.480. The number of carboxylic acid groups (broad SMARTS) is 1. The van der Waals surface area contributed by atoms with Gasteiger partial charge in [-0.3, -0.25) is 4.79 Å². The molecule has 2 aromatic rings. The molecule has 3 rings (SSSR count). The van der Waals surface area contributed by atoms with Gasteiger partial charge in [-0.15, -0.1) is 0 Å². The number of ether oxygens (including phenoxy) is 2. The second-order valence-electron chi connectivity index (χ2n) is 8.08. The van der Waals surface area contributed by atoms with Crippen molar-refractivity contribution in [2.45, 2.75) is 51.5 Å². The molecule has 0 saturated carbocycles. The van der Waals surface area contributed by atoms with Crippen molar-refractivity contribution < 1.29 is 19.4 Å². The highest BCUT2D eigenvalue weighted by Gasteiger charge is 2.24. The summed E-state index contributed by atoms with van der Waals surface area (Å²) in [5, 5.41) is 13.4. The molecule has 6 nitrogen and oxygen atoms in total. The average molecular weight is 461 g/mol. The Morgan fingerprint density at radius 3 is 2.62 bits per heavy atom. The number of benzene rings is 2. The maximum Gasteiger partial charge on any atom is 0.303 e. The third-order valence-electron chi connectivity index (χ3n) is 6.12.